The highest BCUT2D eigenvalue weighted by Gasteiger charge is 2.31. The molecule has 2 amide bonds. The van der Waals surface area contributed by atoms with Gasteiger partial charge in [-0.25, -0.2) is 4.79 Å². The van der Waals surface area contributed by atoms with E-state index in [0.29, 0.717) is 23.5 Å². The highest BCUT2D eigenvalue weighted by Crippen LogP contribution is 2.38. The summed E-state index contributed by atoms with van der Waals surface area (Å²) in [7, 11) is 0. The number of hydrogen-bond acceptors (Lipinski definition) is 5. The van der Waals surface area contributed by atoms with Gasteiger partial charge in [0.1, 0.15) is 11.3 Å². The van der Waals surface area contributed by atoms with Gasteiger partial charge in [0.2, 0.25) is 0 Å². The van der Waals surface area contributed by atoms with Gasteiger partial charge < -0.3 is 10.5 Å². The molecule has 1 aromatic heterocycles. The van der Waals surface area contributed by atoms with Crippen LogP contribution in [0.5, 0.6) is 0 Å². The van der Waals surface area contributed by atoms with E-state index in [4.69, 9.17) is 10.5 Å². The Balaban J connectivity index is 2.10. The second-order valence-electron chi connectivity index (χ2n) is 6.93. The minimum Gasteiger partial charge on any atom is -0.443 e. The molecule has 3 N–H and O–H groups in total. The van der Waals surface area contributed by atoms with Gasteiger partial charge in [0.25, 0.3) is 5.91 Å². The Bertz CT molecular complexity index is 822. The Hall–Kier alpha value is -2.90. The summed E-state index contributed by atoms with van der Waals surface area (Å²) >= 11 is 0. The number of fused-ring (bicyclic) bond motifs is 1. The first-order valence-corrected chi connectivity index (χ1v) is 8.11. The van der Waals surface area contributed by atoms with Crippen LogP contribution in [0.3, 0.4) is 0 Å². The number of benzene rings is 1. The number of para-hydroxylation sites is 1. The summed E-state index contributed by atoms with van der Waals surface area (Å²) in [6.07, 6.45) is 1.23. The molecule has 2 heterocycles. The number of H-pyrrole nitrogens is 1. The van der Waals surface area contributed by atoms with E-state index in [1.54, 1.807) is 11.0 Å². The van der Waals surface area contributed by atoms with Crippen molar-refractivity contribution in [1.29, 1.82) is 0 Å². The first-order valence-electron chi connectivity index (χ1n) is 8.11. The lowest BCUT2D eigenvalue weighted by Crippen LogP contribution is -2.40. The van der Waals surface area contributed by atoms with Crippen molar-refractivity contribution in [3.8, 4) is 11.3 Å². The first-order chi connectivity index (χ1) is 11.8. The van der Waals surface area contributed by atoms with E-state index >= 15 is 0 Å². The van der Waals surface area contributed by atoms with E-state index in [1.165, 1.54) is 0 Å². The number of aryl methyl sites for hydroxylation is 1. The van der Waals surface area contributed by atoms with Crippen LogP contribution in [0, 0.1) is 0 Å². The number of ether oxygens (including phenoxy) is 1. The molecular weight excluding hydrogens is 322 g/mol. The van der Waals surface area contributed by atoms with Crippen LogP contribution >= 0.6 is 0 Å². The number of nitrogens with one attached hydrogen (secondary N) is 1. The molecule has 1 aliphatic heterocycles. The number of nitrogens with two attached hydrogens (primary N) is 1. The summed E-state index contributed by atoms with van der Waals surface area (Å²) in [6.45, 7) is 6.00. The summed E-state index contributed by atoms with van der Waals surface area (Å²) in [5.41, 5.74) is 7.48. The molecule has 8 heteroatoms. The van der Waals surface area contributed by atoms with Crippen LogP contribution in [0.2, 0.25) is 0 Å². The molecule has 1 aliphatic rings. The number of aromatic nitrogens is 3. The summed E-state index contributed by atoms with van der Waals surface area (Å²) in [5, 5.41) is 10.3. The number of carbonyl (C=O) groups excluding carboxylic acids is 2. The Kier molecular flexibility index (Phi) is 4.20. The van der Waals surface area contributed by atoms with Crippen molar-refractivity contribution < 1.29 is 14.3 Å². The molecule has 0 saturated carbocycles. The second kappa shape index (κ2) is 6.19. The molecule has 0 radical (unpaired) electrons. The highest BCUT2D eigenvalue weighted by atomic mass is 16.6. The monoisotopic (exact) mass is 343 g/mol. The van der Waals surface area contributed by atoms with Crippen LogP contribution in [0.4, 0.5) is 10.5 Å². The SMILES string of the molecule is CC(C)(C)OC(=O)N1CCCc2cccc(-c3n[nH]nc3C(N)=O)c21. The average Bonchev–Trinajstić information content (AvgIpc) is 3.01. The van der Waals surface area contributed by atoms with Gasteiger partial charge in [0.05, 0.1) is 5.69 Å². The third-order valence-corrected chi connectivity index (χ3v) is 3.87. The lowest BCUT2D eigenvalue weighted by atomic mass is 9.95. The van der Waals surface area contributed by atoms with E-state index in [0.717, 1.165) is 18.4 Å². The summed E-state index contributed by atoms with van der Waals surface area (Å²) < 4.78 is 5.54. The minimum absolute atomic E-state index is 0.0445. The fraction of sp³-hybridized carbons (Fsp3) is 0.412. The number of carbonyl (C=O) groups is 2. The van der Waals surface area contributed by atoms with E-state index in [2.05, 4.69) is 15.4 Å². The Morgan fingerprint density at radius 2 is 2.04 bits per heavy atom. The molecule has 0 saturated heterocycles. The summed E-state index contributed by atoms with van der Waals surface area (Å²) in [4.78, 5) is 25.9. The molecular formula is C17H21N5O3. The van der Waals surface area contributed by atoms with Crippen molar-refractivity contribution in [2.75, 3.05) is 11.4 Å². The molecule has 0 atom stereocenters. The molecule has 0 bridgehead atoms. The zero-order valence-electron chi connectivity index (χ0n) is 14.5. The largest absolute Gasteiger partial charge is 0.443 e. The van der Waals surface area contributed by atoms with Gasteiger partial charge in [-0.1, -0.05) is 18.2 Å². The summed E-state index contributed by atoms with van der Waals surface area (Å²) in [5.74, 6) is -0.680. The number of nitrogens with zero attached hydrogens (tertiary/aromatic N) is 3. The van der Waals surface area contributed by atoms with Gasteiger partial charge in [0, 0.05) is 12.1 Å². The molecule has 8 nitrogen and oxygen atoms in total. The quantitative estimate of drug-likeness (QED) is 0.868. The number of aromatic amines is 1. The van der Waals surface area contributed by atoms with E-state index in [9.17, 15) is 9.59 Å². The van der Waals surface area contributed by atoms with E-state index in [-0.39, 0.29) is 5.69 Å². The average molecular weight is 343 g/mol. The maximum Gasteiger partial charge on any atom is 0.414 e. The van der Waals surface area contributed by atoms with Gasteiger partial charge in [-0.3, -0.25) is 9.69 Å². The predicted molar refractivity (Wildman–Crippen MR) is 92.2 cm³/mol. The molecule has 1 aromatic carbocycles. The normalized spacial score (nSPS) is 14.1. The Morgan fingerprint density at radius 3 is 2.72 bits per heavy atom. The van der Waals surface area contributed by atoms with Crippen molar-refractivity contribution in [3.63, 3.8) is 0 Å². The topological polar surface area (TPSA) is 114 Å². The number of amides is 2. The van der Waals surface area contributed by atoms with Crippen LogP contribution < -0.4 is 10.6 Å². The van der Waals surface area contributed by atoms with Crippen molar-refractivity contribution in [2.45, 2.75) is 39.2 Å². The van der Waals surface area contributed by atoms with Gasteiger partial charge in [0.15, 0.2) is 5.69 Å². The zero-order chi connectivity index (χ0) is 18.2. The molecule has 0 fully saturated rings. The maximum atomic E-state index is 12.7. The van der Waals surface area contributed by atoms with Crippen LogP contribution in [-0.2, 0) is 11.2 Å². The van der Waals surface area contributed by atoms with Gasteiger partial charge >= 0.3 is 6.09 Å². The lowest BCUT2D eigenvalue weighted by Gasteiger charge is -2.33. The zero-order valence-corrected chi connectivity index (χ0v) is 14.5. The Morgan fingerprint density at radius 1 is 1.28 bits per heavy atom. The van der Waals surface area contributed by atoms with Crippen LogP contribution in [0.15, 0.2) is 18.2 Å². The fourth-order valence-corrected chi connectivity index (χ4v) is 2.93. The molecule has 0 aliphatic carbocycles. The third kappa shape index (κ3) is 3.33. The van der Waals surface area contributed by atoms with Gasteiger partial charge in [-0.15, -0.1) is 0 Å². The third-order valence-electron chi connectivity index (χ3n) is 3.87. The molecule has 0 spiro atoms. The standard InChI is InChI=1S/C17H21N5O3/c1-17(2,3)25-16(24)22-9-5-7-10-6-4-8-11(14(10)22)12-13(15(18)23)20-21-19-12/h4,6,8H,5,7,9H2,1-3H3,(H2,18,23)(H,19,20,21). The van der Waals surface area contributed by atoms with Crippen molar-refractivity contribution in [1.82, 2.24) is 15.4 Å². The van der Waals surface area contributed by atoms with Crippen LogP contribution in [0.1, 0.15) is 43.2 Å². The highest BCUT2D eigenvalue weighted by molar-refractivity contribution is 6.01. The van der Waals surface area contributed by atoms with Crippen molar-refractivity contribution in [2.24, 2.45) is 5.73 Å². The predicted octanol–water partition coefficient (Wildman–Crippen LogP) is 2.26. The molecule has 0 unspecified atom stereocenters. The maximum absolute atomic E-state index is 12.7. The second-order valence-corrected chi connectivity index (χ2v) is 6.93. The Labute approximate surface area is 145 Å². The molecule has 3 rings (SSSR count). The lowest BCUT2D eigenvalue weighted by molar-refractivity contribution is 0.0578. The smallest absolute Gasteiger partial charge is 0.414 e. The van der Waals surface area contributed by atoms with Gasteiger partial charge in [-0.05, 0) is 39.2 Å². The van der Waals surface area contributed by atoms with Crippen molar-refractivity contribution >= 4 is 17.7 Å². The fourth-order valence-electron chi connectivity index (χ4n) is 2.93. The number of primary amides is 1. The molecule has 2 aromatic rings. The van der Waals surface area contributed by atoms with Gasteiger partial charge in [-0.2, -0.15) is 15.4 Å². The molecule has 25 heavy (non-hydrogen) atoms. The van der Waals surface area contributed by atoms with E-state index in [1.807, 2.05) is 32.9 Å². The number of anilines is 1. The van der Waals surface area contributed by atoms with Crippen molar-refractivity contribution in [3.05, 3.63) is 29.5 Å². The summed E-state index contributed by atoms with van der Waals surface area (Å²) in [6, 6.07) is 5.62. The van der Waals surface area contributed by atoms with Crippen LogP contribution in [-0.4, -0.2) is 39.6 Å². The number of hydrogen-bond donors (Lipinski definition) is 2. The number of rotatable bonds is 2. The molecule has 132 valence electrons. The first kappa shape index (κ1) is 16.9. The van der Waals surface area contributed by atoms with Crippen LogP contribution in [0.25, 0.3) is 11.3 Å². The minimum atomic E-state index is -0.680. The van der Waals surface area contributed by atoms with E-state index < -0.39 is 17.6 Å².